The number of ketones is 1. The Morgan fingerprint density at radius 1 is 1.65 bits per heavy atom. The van der Waals surface area contributed by atoms with Crippen molar-refractivity contribution in [3.05, 3.63) is 5.51 Å². The van der Waals surface area contributed by atoms with Gasteiger partial charge >= 0.3 is 5.97 Å². The van der Waals surface area contributed by atoms with E-state index in [1.165, 1.54) is 11.3 Å². The van der Waals surface area contributed by atoms with Crippen LogP contribution in [0.5, 0.6) is 0 Å². The highest BCUT2D eigenvalue weighted by molar-refractivity contribution is 7.13. The summed E-state index contributed by atoms with van der Waals surface area (Å²) < 4.78 is 5.33. The molecule has 20 heavy (non-hydrogen) atoms. The molecule has 2 atom stereocenters. The number of ether oxygens (including phenoxy) is 1. The topological polar surface area (TPSA) is 81.2 Å². The predicted molar refractivity (Wildman–Crippen MR) is 75.5 cm³/mol. The number of Topliss-reactive ketones (excluding diaryl/α,β-unsaturated/α-hetero) is 1. The number of rotatable bonds is 7. The van der Waals surface area contributed by atoms with Crippen molar-refractivity contribution in [2.75, 3.05) is 11.9 Å². The zero-order chi connectivity index (χ0) is 14.6. The molecule has 1 aliphatic rings. The van der Waals surface area contributed by atoms with E-state index in [0.717, 1.165) is 19.3 Å². The van der Waals surface area contributed by atoms with E-state index in [1.807, 2.05) is 0 Å². The van der Waals surface area contributed by atoms with E-state index in [9.17, 15) is 9.59 Å². The molecule has 6 nitrogen and oxygen atoms in total. The number of carbonyl (C=O) groups is 2. The van der Waals surface area contributed by atoms with Crippen LogP contribution in [0.1, 0.15) is 39.5 Å². The molecule has 0 aromatic carbocycles. The largest absolute Gasteiger partial charge is 0.451 e. The van der Waals surface area contributed by atoms with Gasteiger partial charge in [0.15, 0.2) is 11.4 Å². The molecular formula is C13H19N3O3S. The first kappa shape index (κ1) is 14.9. The van der Waals surface area contributed by atoms with E-state index in [1.54, 1.807) is 12.4 Å². The highest BCUT2D eigenvalue weighted by Gasteiger charge is 2.47. The standard InChI is InChI=1S/C13H19N3O3S/c1-3-4-5-9-6-13(2,19-11(9)18)10(17)7-14-12-16-15-8-20-12/h8-9H,3-7H2,1-2H3,(H,14,16)/t9-,13+/m0/s1. The average Bonchev–Trinajstić information content (AvgIpc) is 3.02. The first-order valence-electron chi connectivity index (χ1n) is 6.81. The predicted octanol–water partition coefficient (Wildman–Crippen LogP) is 2.03. The van der Waals surface area contributed by atoms with E-state index in [4.69, 9.17) is 4.74 Å². The Morgan fingerprint density at radius 3 is 3.10 bits per heavy atom. The summed E-state index contributed by atoms with van der Waals surface area (Å²) in [6, 6.07) is 0. The molecule has 0 amide bonds. The molecule has 0 unspecified atom stereocenters. The molecule has 1 aromatic rings. The second-order valence-electron chi connectivity index (χ2n) is 5.22. The number of cyclic esters (lactones) is 1. The maximum absolute atomic E-state index is 12.2. The number of nitrogens with one attached hydrogen (secondary N) is 1. The molecule has 0 aliphatic carbocycles. The molecule has 2 heterocycles. The van der Waals surface area contributed by atoms with Gasteiger partial charge in [0.25, 0.3) is 0 Å². The van der Waals surface area contributed by atoms with Crippen molar-refractivity contribution < 1.29 is 14.3 Å². The minimum Gasteiger partial charge on any atom is -0.451 e. The smallest absolute Gasteiger partial charge is 0.310 e. The van der Waals surface area contributed by atoms with Crippen molar-refractivity contribution in [2.45, 2.75) is 45.1 Å². The van der Waals surface area contributed by atoms with Gasteiger partial charge in [-0.3, -0.25) is 9.59 Å². The summed E-state index contributed by atoms with van der Waals surface area (Å²) in [6.07, 6.45) is 3.28. The Morgan fingerprint density at radius 2 is 2.45 bits per heavy atom. The monoisotopic (exact) mass is 297 g/mol. The molecule has 1 aliphatic heterocycles. The van der Waals surface area contributed by atoms with Gasteiger partial charge < -0.3 is 10.1 Å². The van der Waals surface area contributed by atoms with Crippen LogP contribution in [-0.4, -0.2) is 34.1 Å². The Labute approximate surface area is 121 Å². The number of hydrogen-bond acceptors (Lipinski definition) is 7. The van der Waals surface area contributed by atoms with Crippen molar-refractivity contribution in [3.63, 3.8) is 0 Å². The van der Waals surface area contributed by atoms with Crippen molar-refractivity contribution in [1.29, 1.82) is 0 Å². The number of hydrogen-bond donors (Lipinski definition) is 1. The van der Waals surface area contributed by atoms with Crippen LogP contribution in [0.2, 0.25) is 0 Å². The summed E-state index contributed by atoms with van der Waals surface area (Å²) in [5, 5.41) is 11.0. The van der Waals surface area contributed by atoms with Gasteiger partial charge in [-0.05, 0) is 13.3 Å². The first-order chi connectivity index (χ1) is 9.55. The normalized spacial score (nSPS) is 25.5. The Bertz CT molecular complexity index is 477. The van der Waals surface area contributed by atoms with Crippen LogP contribution in [-0.2, 0) is 14.3 Å². The summed E-state index contributed by atoms with van der Waals surface area (Å²) >= 11 is 1.33. The molecular weight excluding hydrogens is 278 g/mol. The SMILES string of the molecule is CCCC[C@H]1C[C@](C)(C(=O)CNc2nncs2)OC1=O. The maximum Gasteiger partial charge on any atom is 0.310 e. The molecule has 0 bridgehead atoms. The van der Waals surface area contributed by atoms with Crippen molar-refractivity contribution in [1.82, 2.24) is 10.2 Å². The van der Waals surface area contributed by atoms with Crippen LogP contribution < -0.4 is 5.32 Å². The van der Waals surface area contributed by atoms with Crippen molar-refractivity contribution in [2.24, 2.45) is 5.92 Å². The summed E-state index contributed by atoms with van der Waals surface area (Å²) in [5.41, 5.74) is 0.581. The molecule has 1 fully saturated rings. The van der Waals surface area contributed by atoms with Gasteiger partial charge in [0.2, 0.25) is 5.13 Å². The van der Waals surface area contributed by atoms with E-state index >= 15 is 0 Å². The summed E-state index contributed by atoms with van der Waals surface area (Å²) in [4.78, 5) is 24.1. The third kappa shape index (κ3) is 3.33. The highest BCUT2D eigenvalue weighted by atomic mass is 32.1. The molecule has 0 saturated carbocycles. The number of aromatic nitrogens is 2. The Kier molecular flexibility index (Phi) is 4.69. The van der Waals surface area contributed by atoms with E-state index in [0.29, 0.717) is 11.6 Å². The second-order valence-corrected chi connectivity index (χ2v) is 6.05. The Balaban J connectivity index is 1.90. The van der Waals surface area contributed by atoms with Crippen LogP contribution in [0.15, 0.2) is 5.51 Å². The lowest BCUT2D eigenvalue weighted by Crippen LogP contribution is -2.39. The molecule has 0 spiro atoms. The summed E-state index contributed by atoms with van der Waals surface area (Å²) in [7, 11) is 0. The highest BCUT2D eigenvalue weighted by Crippen LogP contribution is 2.34. The number of anilines is 1. The molecule has 7 heteroatoms. The number of nitrogens with zero attached hydrogens (tertiary/aromatic N) is 2. The van der Waals surface area contributed by atoms with Crippen LogP contribution in [0, 0.1) is 5.92 Å². The van der Waals surface area contributed by atoms with Gasteiger partial charge in [-0.1, -0.05) is 31.1 Å². The van der Waals surface area contributed by atoms with Gasteiger partial charge in [-0.25, -0.2) is 0 Å². The van der Waals surface area contributed by atoms with E-state index in [2.05, 4.69) is 22.4 Å². The minimum absolute atomic E-state index is 0.0967. The molecule has 1 aromatic heterocycles. The number of unbranched alkanes of at least 4 members (excludes halogenated alkanes) is 1. The van der Waals surface area contributed by atoms with Crippen LogP contribution in [0.4, 0.5) is 5.13 Å². The van der Waals surface area contributed by atoms with Gasteiger partial charge in [-0.2, -0.15) is 0 Å². The van der Waals surface area contributed by atoms with E-state index in [-0.39, 0.29) is 24.2 Å². The van der Waals surface area contributed by atoms with Gasteiger partial charge in [0.05, 0.1) is 12.5 Å². The van der Waals surface area contributed by atoms with Crippen LogP contribution in [0.3, 0.4) is 0 Å². The van der Waals surface area contributed by atoms with Gasteiger partial charge in [0.1, 0.15) is 5.51 Å². The molecule has 110 valence electrons. The van der Waals surface area contributed by atoms with Gasteiger partial charge in [0, 0.05) is 6.42 Å². The van der Waals surface area contributed by atoms with Crippen LogP contribution >= 0.6 is 11.3 Å². The lowest BCUT2D eigenvalue weighted by atomic mass is 9.89. The molecule has 1 N–H and O–H groups in total. The number of carbonyl (C=O) groups excluding carboxylic acids is 2. The molecule has 2 rings (SSSR count). The van der Waals surface area contributed by atoms with Crippen LogP contribution in [0.25, 0.3) is 0 Å². The lowest BCUT2D eigenvalue weighted by Gasteiger charge is -2.20. The fourth-order valence-electron chi connectivity index (χ4n) is 2.33. The Hall–Kier alpha value is -1.50. The maximum atomic E-state index is 12.2. The third-order valence-electron chi connectivity index (χ3n) is 3.55. The quantitative estimate of drug-likeness (QED) is 0.776. The molecule has 0 radical (unpaired) electrons. The zero-order valence-electron chi connectivity index (χ0n) is 11.7. The van der Waals surface area contributed by atoms with E-state index < -0.39 is 5.60 Å². The van der Waals surface area contributed by atoms with Gasteiger partial charge in [-0.15, -0.1) is 10.2 Å². The lowest BCUT2D eigenvalue weighted by molar-refractivity contribution is -0.156. The molecule has 1 saturated heterocycles. The fourth-order valence-corrected chi connectivity index (χ4v) is 2.78. The fraction of sp³-hybridized carbons (Fsp3) is 0.692. The average molecular weight is 297 g/mol. The van der Waals surface area contributed by atoms with Crippen molar-refractivity contribution in [3.8, 4) is 0 Å². The first-order valence-corrected chi connectivity index (χ1v) is 7.69. The zero-order valence-corrected chi connectivity index (χ0v) is 12.5. The number of esters is 1. The van der Waals surface area contributed by atoms with Crippen molar-refractivity contribution >= 4 is 28.2 Å². The second kappa shape index (κ2) is 6.30. The minimum atomic E-state index is -1.01. The third-order valence-corrected chi connectivity index (χ3v) is 4.20. The summed E-state index contributed by atoms with van der Waals surface area (Å²) in [6.45, 7) is 3.87. The summed E-state index contributed by atoms with van der Waals surface area (Å²) in [5.74, 6) is -0.518.